The van der Waals surface area contributed by atoms with Crippen LogP contribution in [0.2, 0.25) is 0 Å². The number of ketones is 1. The Morgan fingerprint density at radius 3 is 2.15 bits per heavy atom. The minimum atomic E-state index is -0.0805. The van der Waals surface area contributed by atoms with Crippen molar-refractivity contribution >= 4 is 5.78 Å². The summed E-state index contributed by atoms with van der Waals surface area (Å²) in [5.74, 6) is 6.33. The van der Waals surface area contributed by atoms with Crippen LogP contribution in [0.5, 0.6) is 0 Å². The highest BCUT2D eigenvalue weighted by Crippen LogP contribution is 2.16. The molecule has 2 aromatic rings. The summed E-state index contributed by atoms with van der Waals surface area (Å²) < 4.78 is 0. The standard InChI is InChI=1S/C19H18O/c1-19(2,3)14-13-15-9-7-8-12-17(15)18(20)16-10-5-4-6-11-16/h4-12H,1-3H3. The second-order valence-electron chi connectivity index (χ2n) is 5.74. The minimum absolute atomic E-state index is 0.0180. The maximum Gasteiger partial charge on any atom is 0.194 e. The van der Waals surface area contributed by atoms with Crippen molar-refractivity contribution in [2.45, 2.75) is 20.8 Å². The molecular formula is C19H18O. The van der Waals surface area contributed by atoms with Gasteiger partial charge in [0.25, 0.3) is 0 Å². The number of hydrogen-bond acceptors (Lipinski definition) is 1. The molecule has 0 spiro atoms. The van der Waals surface area contributed by atoms with E-state index in [2.05, 4.69) is 32.6 Å². The van der Waals surface area contributed by atoms with E-state index in [4.69, 9.17) is 0 Å². The molecule has 0 aliphatic rings. The topological polar surface area (TPSA) is 17.1 Å². The molecule has 0 aliphatic heterocycles. The van der Waals surface area contributed by atoms with Crippen LogP contribution < -0.4 is 0 Å². The zero-order chi connectivity index (χ0) is 14.6. The quantitative estimate of drug-likeness (QED) is 0.582. The summed E-state index contributed by atoms with van der Waals surface area (Å²) in [6.45, 7) is 6.17. The van der Waals surface area contributed by atoms with Crippen LogP contribution in [0.1, 0.15) is 42.3 Å². The second kappa shape index (κ2) is 5.75. The molecule has 0 bridgehead atoms. The number of hydrogen-bond donors (Lipinski definition) is 0. The van der Waals surface area contributed by atoms with Gasteiger partial charge >= 0.3 is 0 Å². The van der Waals surface area contributed by atoms with Crippen molar-refractivity contribution in [1.82, 2.24) is 0 Å². The largest absolute Gasteiger partial charge is 0.289 e. The average Bonchev–Trinajstić information content (AvgIpc) is 2.45. The predicted molar refractivity (Wildman–Crippen MR) is 82.6 cm³/mol. The Hall–Kier alpha value is -2.33. The van der Waals surface area contributed by atoms with Gasteiger partial charge in [0.15, 0.2) is 5.78 Å². The molecule has 1 nitrogen and oxygen atoms in total. The molecule has 0 heterocycles. The van der Waals surface area contributed by atoms with Gasteiger partial charge in [-0.3, -0.25) is 4.79 Å². The van der Waals surface area contributed by atoms with Crippen molar-refractivity contribution in [3.63, 3.8) is 0 Å². The maximum absolute atomic E-state index is 12.5. The number of carbonyl (C=O) groups is 1. The SMILES string of the molecule is CC(C)(C)C#Cc1ccccc1C(=O)c1ccccc1. The van der Waals surface area contributed by atoms with Crippen LogP contribution in [0.4, 0.5) is 0 Å². The van der Waals surface area contributed by atoms with Gasteiger partial charge in [0.05, 0.1) is 0 Å². The lowest BCUT2D eigenvalue weighted by molar-refractivity contribution is 0.103. The number of rotatable bonds is 2. The van der Waals surface area contributed by atoms with Crippen molar-refractivity contribution in [2.75, 3.05) is 0 Å². The van der Waals surface area contributed by atoms with Crippen LogP contribution in [0.25, 0.3) is 0 Å². The molecule has 0 radical (unpaired) electrons. The maximum atomic E-state index is 12.5. The van der Waals surface area contributed by atoms with E-state index < -0.39 is 0 Å². The van der Waals surface area contributed by atoms with Crippen LogP contribution >= 0.6 is 0 Å². The van der Waals surface area contributed by atoms with Gasteiger partial charge in [-0.15, -0.1) is 0 Å². The molecule has 0 N–H and O–H groups in total. The van der Waals surface area contributed by atoms with E-state index in [0.717, 1.165) is 5.56 Å². The third-order valence-corrected chi connectivity index (χ3v) is 2.78. The Bertz CT molecular complexity index is 664. The summed E-state index contributed by atoms with van der Waals surface area (Å²) in [5.41, 5.74) is 2.06. The Morgan fingerprint density at radius 1 is 0.900 bits per heavy atom. The molecule has 2 aromatic carbocycles. The molecule has 0 aliphatic carbocycles. The lowest BCUT2D eigenvalue weighted by atomic mass is 9.95. The van der Waals surface area contributed by atoms with E-state index in [0.29, 0.717) is 11.1 Å². The normalized spacial score (nSPS) is 10.6. The molecular weight excluding hydrogens is 244 g/mol. The number of carbonyl (C=O) groups excluding carboxylic acids is 1. The van der Waals surface area contributed by atoms with Gasteiger partial charge in [-0.25, -0.2) is 0 Å². The lowest BCUT2D eigenvalue weighted by Gasteiger charge is -2.08. The first-order valence-corrected chi connectivity index (χ1v) is 6.69. The highest BCUT2D eigenvalue weighted by Gasteiger charge is 2.12. The molecule has 0 fully saturated rings. The van der Waals surface area contributed by atoms with Crippen molar-refractivity contribution in [1.29, 1.82) is 0 Å². The Balaban J connectivity index is 2.43. The first kappa shape index (κ1) is 14.1. The van der Waals surface area contributed by atoms with E-state index >= 15 is 0 Å². The van der Waals surface area contributed by atoms with E-state index in [1.165, 1.54) is 0 Å². The van der Waals surface area contributed by atoms with Crippen LogP contribution in [0.15, 0.2) is 54.6 Å². The molecule has 0 saturated heterocycles. The molecule has 1 heteroatoms. The molecule has 2 rings (SSSR count). The van der Waals surface area contributed by atoms with Gasteiger partial charge in [-0.2, -0.15) is 0 Å². The molecule has 0 unspecified atom stereocenters. The zero-order valence-corrected chi connectivity index (χ0v) is 12.1. The summed E-state index contributed by atoms with van der Waals surface area (Å²) in [4.78, 5) is 12.5. The van der Waals surface area contributed by atoms with Gasteiger partial charge in [0.1, 0.15) is 0 Å². The first-order chi connectivity index (χ1) is 9.47. The fourth-order valence-corrected chi connectivity index (χ4v) is 1.79. The first-order valence-electron chi connectivity index (χ1n) is 6.69. The van der Waals surface area contributed by atoms with Crippen LogP contribution in [-0.4, -0.2) is 5.78 Å². The van der Waals surface area contributed by atoms with Gasteiger partial charge in [-0.1, -0.05) is 54.3 Å². The summed E-state index contributed by atoms with van der Waals surface area (Å²) in [6.07, 6.45) is 0. The molecule has 0 atom stereocenters. The lowest BCUT2D eigenvalue weighted by Crippen LogP contribution is -2.04. The Kier molecular flexibility index (Phi) is 4.05. The smallest absolute Gasteiger partial charge is 0.194 e. The third-order valence-electron chi connectivity index (χ3n) is 2.78. The molecule has 0 aromatic heterocycles. The fraction of sp³-hybridized carbons (Fsp3) is 0.211. The van der Waals surface area contributed by atoms with Gasteiger partial charge in [0.2, 0.25) is 0 Å². The Labute approximate surface area is 120 Å². The second-order valence-corrected chi connectivity index (χ2v) is 5.74. The highest BCUT2D eigenvalue weighted by molar-refractivity contribution is 6.10. The molecule has 0 amide bonds. The summed E-state index contributed by atoms with van der Waals surface area (Å²) in [5, 5.41) is 0. The van der Waals surface area contributed by atoms with E-state index in [9.17, 15) is 4.79 Å². The van der Waals surface area contributed by atoms with Crippen LogP contribution in [0.3, 0.4) is 0 Å². The summed E-state index contributed by atoms with van der Waals surface area (Å²) >= 11 is 0. The van der Waals surface area contributed by atoms with Crippen LogP contribution in [-0.2, 0) is 0 Å². The summed E-state index contributed by atoms with van der Waals surface area (Å²) in [6, 6.07) is 16.8. The minimum Gasteiger partial charge on any atom is -0.289 e. The van der Waals surface area contributed by atoms with E-state index in [1.807, 2.05) is 54.6 Å². The average molecular weight is 262 g/mol. The van der Waals surface area contributed by atoms with Crippen LogP contribution in [0, 0.1) is 17.3 Å². The van der Waals surface area contributed by atoms with E-state index in [1.54, 1.807) is 0 Å². The van der Waals surface area contributed by atoms with Crippen molar-refractivity contribution in [3.05, 3.63) is 71.3 Å². The molecule has 0 saturated carbocycles. The monoisotopic (exact) mass is 262 g/mol. The van der Waals surface area contributed by atoms with E-state index in [-0.39, 0.29) is 11.2 Å². The number of benzene rings is 2. The van der Waals surface area contributed by atoms with Crippen molar-refractivity contribution < 1.29 is 4.79 Å². The predicted octanol–water partition coefficient (Wildman–Crippen LogP) is 4.32. The van der Waals surface area contributed by atoms with Crippen molar-refractivity contribution in [3.8, 4) is 11.8 Å². The molecule has 20 heavy (non-hydrogen) atoms. The Morgan fingerprint density at radius 2 is 1.50 bits per heavy atom. The summed E-state index contributed by atoms with van der Waals surface area (Å²) in [7, 11) is 0. The van der Waals surface area contributed by atoms with Gasteiger partial charge in [0, 0.05) is 22.1 Å². The third kappa shape index (κ3) is 3.59. The zero-order valence-electron chi connectivity index (χ0n) is 12.1. The van der Waals surface area contributed by atoms with Gasteiger partial charge < -0.3 is 0 Å². The highest BCUT2D eigenvalue weighted by atomic mass is 16.1. The van der Waals surface area contributed by atoms with Crippen molar-refractivity contribution in [2.24, 2.45) is 5.41 Å². The molecule has 100 valence electrons. The fourth-order valence-electron chi connectivity index (χ4n) is 1.79. The van der Waals surface area contributed by atoms with Gasteiger partial charge in [-0.05, 0) is 32.9 Å².